The third-order valence-corrected chi connectivity index (χ3v) is 10.8. The summed E-state index contributed by atoms with van der Waals surface area (Å²) in [6, 6.07) is 0. The number of rotatable bonds is 2. The highest BCUT2D eigenvalue weighted by molar-refractivity contribution is 5.85. The van der Waals surface area contributed by atoms with Gasteiger partial charge < -0.3 is 24.4 Å². The highest BCUT2D eigenvalue weighted by Crippen LogP contribution is 2.71. The molecule has 6 fully saturated rings. The van der Waals surface area contributed by atoms with Crippen LogP contribution in [-0.2, 0) is 19.0 Å². The van der Waals surface area contributed by atoms with Crippen molar-refractivity contribution < 1.29 is 29.2 Å². The van der Waals surface area contributed by atoms with Gasteiger partial charge in [-0.3, -0.25) is 0 Å². The Morgan fingerprint density at radius 2 is 2.00 bits per heavy atom. The first kappa shape index (κ1) is 19.7. The summed E-state index contributed by atoms with van der Waals surface area (Å²) in [5.41, 5.74) is -0.561. The van der Waals surface area contributed by atoms with E-state index in [9.17, 15) is 15.0 Å². The van der Waals surface area contributed by atoms with Crippen LogP contribution in [0.15, 0.2) is 11.6 Å². The van der Waals surface area contributed by atoms with Crippen molar-refractivity contribution in [1.82, 2.24) is 0 Å². The van der Waals surface area contributed by atoms with Crippen LogP contribution >= 0.6 is 0 Å². The van der Waals surface area contributed by atoms with Crippen molar-refractivity contribution in [1.29, 1.82) is 0 Å². The Kier molecular flexibility index (Phi) is 4.00. The van der Waals surface area contributed by atoms with Crippen LogP contribution in [0.4, 0.5) is 0 Å². The van der Waals surface area contributed by atoms with E-state index in [-0.39, 0.29) is 29.1 Å². The van der Waals surface area contributed by atoms with Gasteiger partial charge >= 0.3 is 5.97 Å². The van der Waals surface area contributed by atoms with E-state index >= 15 is 0 Å². The zero-order valence-corrected chi connectivity index (χ0v) is 18.1. The molecule has 0 radical (unpaired) electrons. The molecule has 1 spiro atoms. The Balaban J connectivity index is 1.37. The lowest BCUT2D eigenvalue weighted by Crippen LogP contribution is -2.70. The Labute approximate surface area is 177 Å². The Hall–Kier alpha value is -0.950. The van der Waals surface area contributed by atoms with Gasteiger partial charge in [0.2, 0.25) is 0 Å². The minimum Gasteiger partial charge on any atom is -0.458 e. The molecule has 7 aliphatic rings. The highest BCUT2D eigenvalue weighted by Gasteiger charge is 2.73. The third-order valence-electron chi connectivity index (χ3n) is 10.8. The molecule has 166 valence electrons. The maximum absolute atomic E-state index is 12.3. The molecule has 9 atom stereocenters. The molecule has 3 aliphatic heterocycles. The summed E-state index contributed by atoms with van der Waals surface area (Å²) < 4.78 is 17.3. The smallest absolute Gasteiger partial charge is 0.331 e. The van der Waals surface area contributed by atoms with Crippen molar-refractivity contribution in [2.45, 2.75) is 75.8 Å². The largest absolute Gasteiger partial charge is 0.458 e. The second-order valence-corrected chi connectivity index (χ2v) is 11.2. The van der Waals surface area contributed by atoms with Gasteiger partial charge in [0.05, 0.1) is 18.3 Å². The third kappa shape index (κ3) is 2.17. The van der Waals surface area contributed by atoms with Gasteiger partial charge in [-0.2, -0.15) is 0 Å². The molecule has 4 saturated carbocycles. The van der Waals surface area contributed by atoms with E-state index in [2.05, 4.69) is 6.92 Å². The van der Waals surface area contributed by atoms with Crippen LogP contribution < -0.4 is 0 Å². The topological polar surface area (TPSA) is 85.2 Å². The van der Waals surface area contributed by atoms with Crippen LogP contribution in [0.2, 0.25) is 0 Å². The van der Waals surface area contributed by atoms with Crippen LogP contribution in [0, 0.1) is 34.5 Å². The summed E-state index contributed by atoms with van der Waals surface area (Å²) in [6.07, 6.45) is 8.18. The number of ether oxygens (including phenoxy) is 3. The fraction of sp³-hybridized carbons (Fsp3) is 0.875. The van der Waals surface area contributed by atoms with Gasteiger partial charge in [-0.15, -0.1) is 0 Å². The lowest BCUT2D eigenvalue weighted by atomic mass is 9.41. The lowest BCUT2D eigenvalue weighted by molar-refractivity contribution is -0.352. The van der Waals surface area contributed by atoms with E-state index in [4.69, 9.17) is 14.2 Å². The second-order valence-electron chi connectivity index (χ2n) is 11.2. The molecule has 3 heterocycles. The molecule has 0 aromatic rings. The van der Waals surface area contributed by atoms with Gasteiger partial charge in [0, 0.05) is 36.9 Å². The molecule has 0 aromatic carbocycles. The molecular weight excluding hydrogens is 384 g/mol. The molecule has 2 bridgehead atoms. The summed E-state index contributed by atoms with van der Waals surface area (Å²) >= 11 is 0. The van der Waals surface area contributed by atoms with Gasteiger partial charge in [0.1, 0.15) is 6.61 Å². The number of cyclic esters (lactones) is 1. The molecule has 6 nitrogen and oxygen atoms in total. The number of carbonyl (C=O) groups excluding carboxylic acids is 1. The molecule has 0 amide bonds. The minimum absolute atomic E-state index is 0.00442. The lowest BCUT2D eigenvalue weighted by Gasteiger charge is -2.68. The van der Waals surface area contributed by atoms with E-state index in [0.717, 1.165) is 44.1 Å². The monoisotopic (exact) mass is 418 g/mol. The van der Waals surface area contributed by atoms with Crippen LogP contribution in [-0.4, -0.2) is 54.0 Å². The number of aliphatic hydroxyl groups is 2. The Morgan fingerprint density at radius 1 is 1.17 bits per heavy atom. The van der Waals surface area contributed by atoms with E-state index in [1.54, 1.807) is 13.2 Å². The quantitative estimate of drug-likeness (QED) is 0.671. The summed E-state index contributed by atoms with van der Waals surface area (Å²) in [7, 11) is 1.76. The van der Waals surface area contributed by atoms with E-state index in [1.807, 2.05) is 0 Å². The predicted molar refractivity (Wildman–Crippen MR) is 107 cm³/mol. The van der Waals surface area contributed by atoms with E-state index in [0.29, 0.717) is 32.0 Å². The van der Waals surface area contributed by atoms with Crippen LogP contribution in [0.3, 0.4) is 0 Å². The number of hydrogen-bond acceptors (Lipinski definition) is 6. The molecule has 0 aromatic heterocycles. The summed E-state index contributed by atoms with van der Waals surface area (Å²) in [5, 5.41) is 23.8. The Morgan fingerprint density at radius 3 is 2.67 bits per heavy atom. The molecule has 30 heavy (non-hydrogen) atoms. The van der Waals surface area contributed by atoms with Crippen molar-refractivity contribution >= 4 is 5.97 Å². The van der Waals surface area contributed by atoms with E-state index in [1.165, 1.54) is 0 Å². The molecule has 4 aliphatic carbocycles. The Bertz CT molecular complexity index is 798. The zero-order valence-electron chi connectivity index (χ0n) is 18.1. The van der Waals surface area contributed by atoms with Crippen molar-refractivity contribution in [2.75, 3.05) is 20.3 Å². The first-order valence-corrected chi connectivity index (χ1v) is 11.7. The van der Waals surface area contributed by atoms with Crippen molar-refractivity contribution in [3.8, 4) is 0 Å². The summed E-state index contributed by atoms with van der Waals surface area (Å²) in [5.74, 6) is 0.265. The number of aliphatic hydroxyl groups excluding tert-OH is 1. The molecule has 6 heteroatoms. The van der Waals surface area contributed by atoms with Crippen LogP contribution in [0.25, 0.3) is 0 Å². The molecule has 7 rings (SSSR count). The predicted octanol–water partition coefficient (Wildman–Crippen LogP) is 2.57. The second kappa shape index (κ2) is 6.09. The van der Waals surface area contributed by atoms with Gasteiger partial charge in [-0.1, -0.05) is 6.92 Å². The van der Waals surface area contributed by atoms with Crippen molar-refractivity contribution in [2.24, 2.45) is 34.5 Å². The maximum Gasteiger partial charge on any atom is 0.331 e. The normalized spacial score (nSPS) is 56.7. The van der Waals surface area contributed by atoms with Crippen molar-refractivity contribution in [3.63, 3.8) is 0 Å². The fourth-order valence-electron chi connectivity index (χ4n) is 9.06. The first-order chi connectivity index (χ1) is 14.3. The van der Waals surface area contributed by atoms with Crippen LogP contribution in [0.1, 0.15) is 58.3 Å². The highest BCUT2D eigenvalue weighted by atomic mass is 16.7. The van der Waals surface area contributed by atoms with Gasteiger partial charge in [0.25, 0.3) is 0 Å². The van der Waals surface area contributed by atoms with Crippen LogP contribution in [0.5, 0.6) is 0 Å². The first-order valence-electron chi connectivity index (χ1n) is 11.7. The summed E-state index contributed by atoms with van der Waals surface area (Å²) in [4.78, 5) is 11.7. The molecule has 2 saturated heterocycles. The number of methoxy groups -OCH3 is 1. The minimum atomic E-state index is -0.917. The number of esters is 1. The molecule has 2 N–H and O–H groups in total. The van der Waals surface area contributed by atoms with Crippen molar-refractivity contribution in [3.05, 3.63) is 11.6 Å². The standard InChI is InChI=1S/C24H34O6/c1-21-16(14-9-20(26)29-12-14)5-6-24(21,27)17-4-3-15-11-23(28-2)8-7-22(15,13-30-23)18(17)10-19(21)25/h9,15-19,25,27H,3-8,10-13H2,1-2H3/t15-,16+,17+,18-,19+,21-,22+,23+,24-/m0/s1. The molecule has 0 unspecified atom stereocenters. The fourth-order valence-corrected chi connectivity index (χ4v) is 9.06. The van der Waals surface area contributed by atoms with Gasteiger partial charge in [-0.05, 0) is 67.8 Å². The van der Waals surface area contributed by atoms with Gasteiger partial charge in [-0.25, -0.2) is 4.79 Å². The maximum atomic E-state index is 12.3. The number of fused-ring (bicyclic) bond motifs is 5. The number of hydrogen-bond donors (Lipinski definition) is 2. The molecular formula is C24H34O6. The van der Waals surface area contributed by atoms with E-state index < -0.39 is 22.9 Å². The zero-order chi connectivity index (χ0) is 20.9. The number of carbonyl (C=O) groups is 1. The van der Waals surface area contributed by atoms with Gasteiger partial charge in [0.15, 0.2) is 5.79 Å². The average molecular weight is 419 g/mol. The SMILES string of the molecule is CO[C@]12CC[C@@]3(CO1)[C@@H](CC[C@@H]1[C@@H]3C[C@@H](O)[C@]3(C)[C@@H](C4=CC(=O)OC4)CC[C@]13O)C2. The summed E-state index contributed by atoms with van der Waals surface area (Å²) in [6.45, 7) is 3.05. The average Bonchev–Trinajstić information content (AvgIpc) is 3.30.